The van der Waals surface area contributed by atoms with Gasteiger partial charge in [0.05, 0.1) is 29.6 Å². The minimum Gasteiger partial charge on any atom is -0.353 e. The number of nitrogens with one attached hydrogen (secondary N) is 5. The Kier molecular flexibility index (Phi) is 4.58. The molecule has 2 fully saturated rings. The lowest BCUT2D eigenvalue weighted by Gasteiger charge is -2.30. The minimum atomic E-state index is 0.0808. The number of hydrogen-bond donors (Lipinski definition) is 5. The number of H-pyrrole nitrogens is 1. The molecule has 1 saturated carbocycles. The zero-order chi connectivity index (χ0) is 18.9. The molecule has 1 saturated heterocycles. The van der Waals surface area contributed by atoms with Crippen molar-refractivity contribution in [1.82, 2.24) is 30.8 Å². The fraction of sp³-hybridized carbons (Fsp3) is 0.450. The third-order valence-electron chi connectivity index (χ3n) is 5.92. The van der Waals surface area contributed by atoms with E-state index in [9.17, 15) is 0 Å². The van der Waals surface area contributed by atoms with Crippen LogP contribution in [0.4, 0.5) is 11.8 Å². The van der Waals surface area contributed by atoms with Gasteiger partial charge in [0.25, 0.3) is 0 Å². The fourth-order valence-electron chi connectivity index (χ4n) is 4.01. The molecule has 1 aromatic carbocycles. The molecule has 2 aliphatic rings. The van der Waals surface area contributed by atoms with Crippen LogP contribution in [0.25, 0.3) is 11.0 Å². The molecular formula is C20H26N8. The average Bonchev–Trinajstić information content (AvgIpc) is 3.29. The van der Waals surface area contributed by atoms with Gasteiger partial charge in [-0.05, 0) is 55.9 Å². The first-order valence-electron chi connectivity index (χ1n) is 10.0. The normalized spacial score (nSPS) is 23.5. The molecule has 3 heterocycles. The second kappa shape index (κ2) is 7.37. The highest BCUT2D eigenvalue weighted by Crippen LogP contribution is 2.32. The molecule has 2 unspecified atom stereocenters. The number of aromatic nitrogens is 4. The molecule has 8 nitrogen and oxygen atoms in total. The van der Waals surface area contributed by atoms with Crippen LogP contribution in [0, 0.1) is 5.92 Å². The molecule has 146 valence electrons. The number of benzene rings is 1. The zero-order valence-corrected chi connectivity index (χ0v) is 15.9. The summed E-state index contributed by atoms with van der Waals surface area (Å²) in [5.41, 5.74) is 9.94. The van der Waals surface area contributed by atoms with Gasteiger partial charge in [-0.15, -0.1) is 0 Å². The van der Waals surface area contributed by atoms with Crippen LogP contribution in [0.3, 0.4) is 0 Å². The molecule has 1 aliphatic carbocycles. The van der Waals surface area contributed by atoms with E-state index in [1.165, 1.54) is 19.3 Å². The van der Waals surface area contributed by atoms with Gasteiger partial charge in [0.15, 0.2) is 0 Å². The molecule has 28 heavy (non-hydrogen) atoms. The lowest BCUT2D eigenvalue weighted by atomic mass is 9.79. The summed E-state index contributed by atoms with van der Waals surface area (Å²) >= 11 is 0. The molecule has 0 amide bonds. The van der Waals surface area contributed by atoms with Gasteiger partial charge >= 0.3 is 0 Å². The lowest BCUT2D eigenvalue weighted by molar-refractivity contribution is 0.240. The van der Waals surface area contributed by atoms with E-state index in [0.29, 0.717) is 12.0 Å². The van der Waals surface area contributed by atoms with Crippen molar-refractivity contribution in [3.63, 3.8) is 0 Å². The Morgan fingerprint density at radius 1 is 1.14 bits per heavy atom. The number of imidazole rings is 1. The number of hydrazine groups is 1. The standard InChI is InChI=1S/C20H26N8/c1-12(14-5-6-15-17(9-14)23-11-22-15)24-20-21-8-7-18(26-20)25-19-10-16(27-28-19)13-3-2-4-13/h5-9,11-13,16,19,27-28H,2-4,10H2,1H3,(H,22,23)(H2,21,24,25,26)/t12-,16?,19?/m0/s1. The van der Waals surface area contributed by atoms with Gasteiger partial charge in [0, 0.05) is 12.2 Å². The summed E-state index contributed by atoms with van der Waals surface area (Å²) in [7, 11) is 0. The van der Waals surface area contributed by atoms with Crippen LogP contribution in [-0.4, -0.2) is 32.1 Å². The van der Waals surface area contributed by atoms with Crippen molar-refractivity contribution >= 4 is 22.8 Å². The average molecular weight is 378 g/mol. The van der Waals surface area contributed by atoms with E-state index in [1.54, 1.807) is 12.5 Å². The third-order valence-corrected chi connectivity index (χ3v) is 5.92. The van der Waals surface area contributed by atoms with E-state index in [2.05, 4.69) is 60.5 Å². The SMILES string of the molecule is C[C@H](Nc1nccc(NC2CC(C3CCC3)NN2)n1)c1ccc2nc[nH]c2c1. The molecule has 3 atom stereocenters. The van der Waals surface area contributed by atoms with Crippen molar-refractivity contribution in [2.45, 2.75) is 50.9 Å². The van der Waals surface area contributed by atoms with E-state index in [-0.39, 0.29) is 12.2 Å². The van der Waals surface area contributed by atoms with E-state index in [0.717, 1.165) is 34.8 Å². The number of fused-ring (bicyclic) bond motifs is 1. The smallest absolute Gasteiger partial charge is 0.225 e. The third kappa shape index (κ3) is 3.53. The van der Waals surface area contributed by atoms with Crippen LogP contribution in [0.2, 0.25) is 0 Å². The molecule has 0 bridgehead atoms. The van der Waals surface area contributed by atoms with Gasteiger partial charge in [-0.3, -0.25) is 5.43 Å². The first kappa shape index (κ1) is 17.4. The van der Waals surface area contributed by atoms with E-state index >= 15 is 0 Å². The molecule has 0 spiro atoms. The van der Waals surface area contributed by atoms with Gasteiger partial charge in [-0.1, -0.05) is 12.5 Å². The van der Waals surface area contributed by atoms with E-state index in [1.807, 2.05) is 12.1 Å². The molecule has 0 radical (unpaired) electrons. The van der Waals surface area contributed by atoms with Crippen LogP contribution < -0.4 is 21.5 Å². The lowest BCUT2D eigenvalue weighted by Crippen LogP contribution is -2.40. The van der Waals surface area contributed by atoms with Crippen LogP contribution in [0.5, 0.6) is 0 Å². The maximum Gasteiger partial charge on any atom is 0.225 e. The van der Waals surface area contributed by atoms with Gasteiger partial charge in [-0.2, -0.15) is 4.98 Å². The molecule has 5 rings (SSSR count). The van der Waals surface area contributed by atoms with Crippen molar-refractivity contribution in [3.8, 4) is 0 Å². The van der Waals surface area contributed by atoms with Gasteiger partial charge in [0.2, 0.25) is 5.95 Å². The number of anilines is 2. The Bertz CT molecular complexity index is 950. The summed E-state index contributed by atoms with van der Waals surface area (Å²) in [5, 5.41) is 6.86. The van der Waals surface area contributed by atoms with Crippen molar-refractivity contribution in [3.05, 3.63) is 42.4 Å². The number of hydrogen-bond acceptors (Lipinski definition) is 7. The van der Waals surface area contributed by atoms with Gasteiger partial charge < -0.3 is 15.6 Å². The molecule has 1 aliphatic heterocycles. The van der Waals surface area contributed by atoms with E-state index in [4.69, 9.17) is 0 Å². The molecule has 2 aromatic heterocycles. The summed E-state index contributed by atoms with van der Waals surface area (Å²) in [5.74, 6) is 2.25. The number of nitrogens with zero attached hydrogens (tertiary/aromatic N) is 3. The van der Waals surface area contributed by atoms with Crippen molar-refractivity contribution in [1.29, 1.82) is 0 Å². The summed E-state index contributed by atoms with van der Waals surface area (Å²) in [4.78, 5) is 16.4. The van der Waals surface area contributed by atoms with Crippen molar-refractivity contribution in [2.75, 3.05) is 10.6 Å². The van der Waals surface area contributed by atoms with Crippen LogP contribution in [0.1, 0.15) is 44.2 Å². The quantitative estimate of drug-likeness (QED) is 0.449. The Morgan fingerprint density at radius 2 is 2.07 bits per heavy atom. The maximum absolute atomic E-state index is 4.64. The second-order valence-corrected chi connectivity index (χ2v) is 7.83. The Morgan fingerprint density at radius 3 is 2.93 bits per heavy atom. The molecule has 3 aromatic rings. The molecule has 5 N–H and O–H groups in total. The summed E-state index contributed by atoms with van der Waals surface area (Å²) in [6.45, 7) is 2.10. The van der Waals surface area contributed by atoms with Crippen LogP contribution in [-0.2, 0) is 0 Å². The summed E-state index contributed by atoms with van der Waals surface area (Å²) in [6, 6.07) is 8.76. The van der Waals surface area contributed by atoms with Crippen molar-refractivity contribution < 1.29 is 0 Å². The topological polar surface area (TPSA) is 103 Å². The molecular weight excluding hydrogens is 352 g/mol. The maximum atomic E-state index is 4.64. The Hall–Kier alpha value is -2.71. The fourth-order valence-corrected chi connectivity index (χ4v) is 4.01. The molecule has 8 heteroatoms. The predicted molar refractivity (Wildman–Crippen MR) is 110 cm³/mol. The highest BCUT2D eigenvalue weighted by atomic mass is 15.5. The predicted octanol–water partition coefficient (Wildman–Crippen LogP) is 2.93. The summed E-state index contributed by atoms with van der Waals surface area (Å²) in [6.07, 6.45) is 8.81. The zero-order valence-electron chi connectivity index (χ0n) is 15.9. The Labute approximate surface area is 163 Å². The first-order chi connectivity index (χ1) is 13.7. The number of rotatable bonds is 6. The van der Waals surface area contributed by atoms with Crippen LogP contribution >= 0.6 is 0 Å². The summed E-state index contributed by atoms with van der Waals surface area (Å²) < 4.78 is 0. The second-order valence-electron chi connectivity index (χ2n) is 7.83. The van der Waals surface area contributed by atoms with Crippen LogP contribution in [0.15, 0.2) is 36.8 Å². The highest BCUT2D eigenvalue weighted by molar-refractivity contribution is 5.75. The monoisotopic (exact) mass is 378 g/mol. The highest BCUT2D eigenvalue weighted by Gasteiger charge is 2.33. The van der Waals surface area contributed by atoms with Gasteiger partial charge in [0.1, 0.15) is 5.82 Å². The number of aromatic amines is 1. The van der Waals surface area contributed by atoms with Gasteiger partial charge in [-0.25, -0.2) is 15.4 Å². The Balaban J connectivity index is 1.22. The van der Waals surface area contributed by atoms with Crippen molar-refractivity contribution in [2.24, 2.45) is 5.92 Å². The van der Waals surface area contributed by atoms with E-state index < -0.39 is 0 Å². The largest absolute Gasteiger partial charge is 0.353 e. The minimum absolute atomic E-state index is 0.0808. The first-order valence-corrected chi connectivity index (χ1v) is 10.0.